The van der Waals surface area contributed by atoms with Gasteiger partial charge < -0.3 is 23.0 Å². The molecular formula is C78H58N6OPt. The van der Waals surface area contributed by atoms with E-state index in [-0.39, 0.29) is 31.9 Å². The van der Waals surface area contributed by atoms with E-state index in [4.69, 9.17) is 14.7 Å². The molecule has 0 radical (unpaired) electrons. The molecule has 0 saturated carbocycles. The van der Waals surface area contributed by atoms with Crippen molar-refractivity contribution in [3.05, 3.63) is 266 Å². The monoisotopic (exact) mass is 1290 g/mol. The maximum absolute atomic E-state index is 6.99. The number of aromatic nitrogens is 6. The summed E-state index contributed by atoms with van der Waals surface area (Å²) in [7, 11) is 0. The van der Waals surface area contributed by atoms with Crippen LogP contribution in [0.3, 0.4) is 0 Å². The molecule has 8 heteroatoms. The number of para-hydroxylation sites is 5. The minimum atomic E-state index is -0.0993. The molecule has 10 aromatic carbocycles. The number of benzene rings is 10. The minimum absolute atomic E-state index is 0. The molecule has 6 heterocycles. The fourth-order valence-corrected chi connectivity index (χ4v) is 13.1. The standard InChI is InChI=1S/C78H58N6O.Pt/c1-77(2,3)51-39-41-79-73(45-51)83-68-37-31-49(57-25-18-30-70-75(57)63-24-14-16-29-67(63)81(70)53-19-9-7-10-20-53)43-64(68)60-35-33-55(47-71(60)83)85-56-34-36-61-65-44-50(32-38-69(65)84(72(61)48-56)74-46-52(40-42-80-74)78(4,5)6)58-26-17-27-62-59-23-13-15-28-66(59)82(76(58)62)54-21-11-8-12-22-54;/h7-46H,1-6H3;/q-2;+2. The molecule has 0 aliphatic rings. The zero-order chi connectivity index (χ0) is 57.3. The molecule has 416 valence electrons. The van der Waals surface area contributed by atoms with Crippen LogP contribution in [0.4, 0.5) is 0 Å². The van der Waals surface area contributed by atoms with E-state index in [9.17, 15) is 0 Å². The second-order valence-electron chi connectivity index (χ2n) is 24.5. The van der Waals surface area contributed by atoms with Gasteiger partial charge in [0.1, 0.15) is 11.6 Å². The quantitative estimate of drug-likeness (QED) is 0.143. The molecule has 0 unspecified atom stereocenters. The first-order valence-electron chi connectivity index (χ1n) is 29.2. The van der Waals surface area contributed by atoms with Gasteiger partial charge in [-0.25, -0.2) is 9.97 Å². The first-order valence-corrected chi connectivity index (χ1v) is 29.2. The molecule has 0 spiro atoms. The van der Waals surface area contributed by atoms with Gasteiger partial charge >= 0.3 is 21.1 Å². The Morgan fingerprint density at radius 2 is 0.802 bits per heavy atom. The predicted octanol–water partition coefficient (Wildman–Crippen LogP) is 20.2. The summed E-state index contributed by atoms with van der Waals surface area (Å²) in [6.07, 6.45) is 3.85. The van der Waals surface area contributed by atoms with Gasteiger partial charge in [0.2, 0.25) is 0 Å². The van der Waals surface area contributed by atoms with Crippen molar-refractivity contribution in [3.8, 4) is 56.8 Å². The van der Waals surface area contributed by atoms with Crippen LogP contribution >= 0.6 is 0 Å². The summed E-state index contributed by atoms with van der Waals surface area (Å²) >= 11 is 0. The third kappa shape index (κ3) is 8.50. The van der Waals surface area contributed by atoms with E-state index < -0.39 is 0 Å². The summed E-state index contributed by atoms with van der Waals surface area (Å²) in [5, 5.41) is 9.15. The zero-order valence-corrected chi connectivity index (χ0v) is 50.8. The van der Waals surface area contributed by atoms with Crippen LogP contribution in [0.15, 0.2) is 243 Å². The Morgan fingerprint density at radius 3 is 1.37 bits per heavy atom. The molecule has 0 atom stereocenters. The van der Waals surface area contributed by atoms with Crippen molar-refractivity contribution < 1.29 is 25.8 Å². The molecule has 6 aromatic heterocycles. The molecule has 0 aliphatic heterocycles. The van der Waals surface area contributed by atoms with Gasteiger partial charge in [-0.2, -0.15) is 12.1 Å². The van der Waals surface area contributed by atoms with Crippen molar-refractivity contribution in [3.63, 3.8) is 0 Å². The Morgan fingerprint density at radius 1 is 0.349 bits per heavy atom. The number of hydrogen-bond donors (Lipinski definition) is 0. The Labute approximate surface area is 513 Å². The number of rotatable bonds is 8. The molecule has 0 fully saturated rings. The van der Waals surface area contributed by atoms with Crippen molar-refractivity contribution in [2.45, 2.75) is 52.4 Å². The van der Waals surface area contributed by atoms with Crippen LogP contribution in [0.2, 0.25) is 0 Å². The summed E-state index contributed by atoms with van der Waals surface area (Å²) in [5.41, 5.74) is 17.5. The van der Waals surface area contributed by atoms with E-state index in [0.717, 1.165) is 88.8 Å². The van der Waals surface area contributed by atoms with E-state index in [0.29, 0.717) is 11.5 Å². The third-order valence-electron chi connectivity index (χ3n) is 17.2. The SMILES string of the molecule is CC(C)(C)c1ccnc(-n2c3[c-]c(Oc4[c-]c5c(cc4)c4cc(-c6cccc7c8ccccc8n(-c8ccccc8)c67)ccc4n5-c4cc(C(C)(C)C)ccn4)ccc3c3cc(-c4cccc5c4c4ccccc4n5-c4ccccc4)ccc32)c1.[Pt+2]. The molecule has 0 bridgehead atoms. The molecule has 0 amide bonds. The van der Waals surface area contributed by atoms with E-state index in [2.05, 4.69) is 290 Å². The Kier molecular flexibility index (Phi) is 12.4. The first kappa shape index (κ1) is 53.0. The van der Waals surface area contributed by atoms with Crippen molar-refractivity contribution in [2.75, 3.05) is 0 Å². The summed E-state index contributed by atoms with van der Waals surface area (Å²) < 4.78 is 16.3. The Balaban J connectivity index is 0.00000625. The van der Waals surface area contributed by atoms with Crippen LogP contribution in [0.25, 0.3) is 132 Å². The molecule has 0 N–H and O–H groups in total. The van der Waals surface area contributed by atoms with Crippen LogP contribution in [0, 0.1) is 12.1 Å². The fraction of sp³-hybridized carbons (Fsp3) is 0.103. The number of hydrogen-bond acceptors (Lipinski definition) is 3. The van der Waals surface area contributed by atoms with Crippen LogP contribution < -0.4 is 4.74 Å². The van der Waals surface area contributed by atoms with Crippen molar-refractivity contribution in [1.29, 1.82) is 0 Å². The summed E-state index contributed by atoms with van der Waals surface area (Å²) in [4.78, 5) is 10.1. The van der Waals surface area contributed by atoms with Gasteiger partial charge in [-0.3, -0.25) is 0 Å². The molecule has 16 rings (SSSR count). The number of fused-ring (bicyclic) bond motifs is 12. The topological polar surface area (TPSA) is 54.7 Å². The molecule has 0 aliphatic carbocycles. The average molecular weight is 1290 g/mol. The Bertz CT molecular complexity index is 5360. The van der Waals surface area contributed by atoms with Gasteiger partial charge in [0.15, 0.2) is 0 Å². The first-order chi connectivity index (χ1) is 41.4. The van der Waals surface area contributed by atoms with Crippen LogP contribution in [-0.2, 0) is 31.9 Å². The Hall–Kier alpha value is -9.81. The number of ether oxygens (including phenoxy) is 1. The summed E-state index contributed by atoms with van der Waals surface area (Å²) in [6, 6.07) is 90.5. The smallest absolute Gasteiger partial charge is 0.509 e. The van der Waals surface area contributed by atoms with Crippen molar-refractivity contribution in [1.82, 2.24) is 28.2 Å². The second-order valence-corrected chi connectivity index (χ2v) is 24.5. The third-order valence-corrected chi connectivity index (χ3v) is 17.2. The average Bonchev–Trinajstić information content (AvgIpc) is 1.85. The van der Waals surface area contributed by atoms with Crippen molar-refractivity contribution in [2.24, 2.45) is 0 Å². The predicted molar refractivity (Wildman–Crippen MR) is 352 cm³/mol. The number of pyridine rings is 2. The molecule has 16 aromatic rings. The fourth-order valence-electron chi connectivity index (χ4n) is 13.1. The van der Waals surface area contributed by atoms with Crippen LogP contribution in [0.5, 0.6) is 11.5 Å². The molecular weight excluding hydrogens is 1230 g/mol. The van der Waals surface area contributed by atoms with Crippen LogP contribution in [0.1, 0.15) is 52.7 Å². The minimum Gasteiger partial charge on any atom is -0.509 e. The van der Waals surface area contributed by atoms with Gasteiger partial charge in [0.05, 0.1) is 22.1 Å². The van der Waals surface area contributed by atoms with E-state index >= 15 is 0 Å². The van der Waals surface area contributed by atoms with E-state index in [1.807, 2.05) is 24.5 Å². The van der Waals surface area contributed by atoms with Gasteiger partial charge in [-0.15, -0.1) is 35.0 Å². The van der Waals surface area contributed by atoms with Gasteiger partial charge in [-0.05, 0) is 128 Å². The van der Waals surface area contributed by atoms with Crippen LogP contribution in [-0.4, -0.2) is 28.2 Å². The van der Waals surface area contributed by atoms with E-state index in [1.165, 1.54) is 54.8 Å². The number of nitrogens with zero attached hydrogens (tertiary/aromatic N) is 6. The second kappa shape index (κ2) is 20.2. The summed E-state index contributed by atoms with van der Waals surface area (Å²) in [5.74, 6) is 2.77. The summed E-state index contributed by atoms with van der Waals surface area (Å²) in [6.45, 7) is 13.5. The van der Waals surface area contributed by atoms with Gasteiger partial charge in [-0.1, -0.05) is 180 Å². The zero-order valence-electron chi connectivity index (χ0n) is 48.5. The molecule has 86 heavy (non-hydrogen) atoms. The van der Waals surface area contributed by atoms with Crippen molar-refractivity contribution >= 4 is 87.2 Å². The molecule has 7 nitrogen and oxygen atoms in total. The van der Waals surface area contributed by atoms with Gasteiger partial charge in [0.25, 0.3) is 0 Å². The molecule has 0 saturated heterocycles. The maximum Gasteiger partial charge on any atom is 2.00 e. The van der Waals surface area contributed by atoms with E-state index in [1.54, 1.807) is 0 Å². The normalized spacial score (nSPS) is 12.2. The van der Waals surface area contributed by atoms with Gasteiger partial charge in [0, 0.05) is 73.4 Å². The maximum atomic E-state index is 6.99. The largest absolute Gasteiger partial charge is 2.00 e.